The van der Waals surface area contributed by atoms with Gasteiger partial charge in [-0.2, -0.15) is 16.7 Å². The summed E-state index contributed by atoms with van der Waals surface area (Å²) in [5.74, 6) is 0.221. The lowest BCUT2D eigenvalue weighted by Crippen LogP contribution is -2.34. The number of ether oxygens (including phenoxy) is 2. The molecule has 0 aromatic carbocycles. The lowest BCUT2D eigenvalue weighted by atomic mass is 10.2. The minimum Gasteiger partial charge on any atom is -0.481 e. The summed E-state index contributed by atoms with van der Waals surface area (Å²) in [7, 11) is 1.43. The molecular formula is C11H16N2O5S. The van der Waals surface area contributed by atoms with Crippen molar-refractivity contribution < 1.29 is 19.7 Å². The lowest BCUT2D eigenvalue weighted by molar-refractivity contribution is -0.0457. The molecule has 106 valence electrons. The smallest absolute Gasteiger partial charge is 0.353 e. The fraction of sp³-hybridized carbons (Fsp3) is 0.636. The normalized spacial score (nSPS) is 30.5. The largest absolute Gasteiger partial charge is 0.481 e. The van der Waals surface area contributed by atoms with Crippen LogP contribution in [0.2, 0.25) is 0 Å². The molecule has 1 fully saturated rings. The van der Waals surface area contributed by atoms with E-state index in [4.69, 9.17) is 14.6 Å². The molecule has 1 aromatic rings. The first-order valence-electron chi connectivity index (χ1n) is 5.72. The summed E-state index contributed by atoms with van der Waals surface area (Å²) in [6.45, 7) is -0.299. The van der Waals surface area contributed by atoms with Crippen LogP contribution in [0.5, 0.6) is 5.88 Å². The second-order valence-corrected chi connectivity index (χ2v) is 5.11. The number of rotatable bonds is 4. The minimum atomic E-state index is -0.834. The summed E-state index contributed by atoms with van der Waals surface area (Å²) < 4.78 is 11.7. The van der Waals surface area contributed by atoms with E-state index >= 15 is 0 Å². The maximum absolute atomic E-state index is 11.9. The van der Waals surface area contributed by atoms with Gasteiger partial charge in [-0.1, -0.05) is 0 Å². The van der Waals surface area contributed by atoms with Gasteiger partial charge in [-0.25, -0.2) is 4.79 Å². The van der Waals surface area contributed by atoms with Crippen LogP contribution >= 0.6 is 11.8 Å². The number of nitrogens with zero attached hydrogens (tertiary/aromatic N) is 2. The Morgan fingerprint density at radius 2 is 2.37 bits per heavy atom. The van der Waals surface area contributed by atoms with Crippen molar-refractivity contribution in [1.29, 1.82) is 0 Å². The van der Waals surface area contributed by atoms with Gasteiger partial charge in [0.2, 0.25) is 5.88 Å². The Labute approximate surface area is 114 Å². The summed E-state index contributed by atoms with van der Waals surface area (Å²) in [6, 6.07) is 1.54. The molecule has 4 atom stereocenters. The molecule has 0 saturated carbocycles. The van der Waals surface area contributed by atoms with Crippen molar-refractivity contribution in [2.24, 2.45) is 0 Å². The van der Waals surface area contributed by atoms with Crippen molar-refractivity contribution in [3.8, 4) is 5.88 Å². The van der Waals surface area contributed by atoms with Crippen molar-refractivity contribution in [3.63, 3.8) is 0 Å². The highest BCUT2D eigenvalue weighted by atomic mass is 32.2. The van der Waals surface area contributed by atoms with Gasteiger partial charge < -0.3 is 19.7 Å². The zero-order valence-electron chi connectivity index (χ0n) is 10.6. The van der Waals surface area contributed by atoms with Gasteiger partial charge in [0.15, 0.2) is 6.23 Å². The van der Waals surface area contributed by atoms with E-state index < -0.39 is 24.1 Å². The second kappa shape index (κ2) is 5.91. The van der Waals surface area contributed by atoms with Crippen LogP contribution < -0.4 is 10.4 Å². The molecule has 1 aromatic heterocycles. The summed E-state index contributed by atoms with van der Waals surface area (Å²) in [4.78, 5) is 15.6. The summed E-state index contributed by atoms with van der Waals surface area (Å²) in [5.41, 5.74) is -0.519. The fourth-order valence-electron chi connectivity index (χ4n) is 2.05. The number of aliphatic hydroxyl groups excluding tert-OH is 2. The molecule has 0 aliphatic carbocycles. The van der Waals surface area contributed by atoms with E-state index in [-0.39, 0.29) is 17.7 Å². The molecule has 0 spiro atoms. The highest BCUT2D eigenvalue weighted by Gasteiger charge is 2.44. The Bertz CT molecular complexity index is 494. The van der Waals surface area contributed by atoms with E-state index in [0.717, 1.165) is 0 Å². The first-order chi connectivity index (χ1) is 9.12. The highest BCUT2D eigenvalue weighted by molar-refractivity contribution is 7.99. The lowest BCUT2D eigenvalue weighted by Gasteiger charge is -2.19. The maximum Gasteiger partial charge on any atom is 0.353 e. The standard InChI is InChI=1S/C11H16N2O5S/c1-17-7-3-4-13(11(16)12-7)10-9(19-2)8(15)6(5-14)18-10/h3-4,6,8-10,14-15H,5H2,1-2H3/t6-,8-,9-,10-/m1/s1. The molecule has 1 aliphatic heterocycles. The average Bonchev–Trinajstić information content (AvgIpc) is 2.74. The molecule has 0 bridgehead atoms. The van der Waals surface area contributed by atoms with E-state index in [1.54, 1.807) is 6.07 Å². The van der Waals surface area contributed by atoms with Crippen LogP contribution in [-0.2, 0) is 4.74 Å². The van der Waals surface area contributed by atoms with Crippen LogP contribution in [0.15, 0.2) is 17.1 Å². The maximum atomic E-state index is 11.9. The van der Waals surface area contributed by atoms with Gasteiger partial charge in [0, 0.05) is 12.3 Å². The number of aromatic nitrogens is 2. The van der Waals surface area contributed by atoms with Gasteiger partial charge in [0.25, 0.3) is 0 Å². The fourth-order valence-corrected chi connectivity index (χ4v) is 2.93. The van der Waals surface area contributed by atoms with Crippen LogP contribution in [0.25, 0.3) is 0 Å². The van der Waals surface area contributed by atoms with E-state index in [0.29, 0.717) is 0 Å². The highest BCUT2D eigenvalue weighted by Crippen LogP contribution is 2.35. The summed E-state index contributed by atoms with van der Waals surface area (Å²) in [5, 5.41) is 18.8. The molecule has 2 N–H and O–H groups in total. The predicted molar refractivity (Wildman–Crippen MR) is 69.4 cm³/mol. The zero-order chi connectivity index (χ0) is 14.0. The Kier molecular flexibility index (Phi) is 4.46. The molecule has 19 heavy (non-hydrogen) atoms. The average molecular weight is 288 g/mol. The van der Waals surface area contributed by atoms with Crippen molar-refractivity contribution in [3.05, 3.63) is 22.7 Å². The Morgan fingerprint density at radius 1 is 1.63 bits per heavy atom. The van der Waals surface area contributed by atoms with Crippen LogP contribution in [0, 0.1) is 0 Å². The predicted octanol–water partition coefficient (Wildman–Crippen LogP) is -0.766. The molecule has 0 unspecified atom stereocenters. The third kappa shape index (κ3) is 2.62. The molecule has 7 nitrogen and oxygen atoms in total. The molecule has 1 saturated heterocycles. The van der Waals surface area contributed by atoms with Crippen molar-refractivity contribution in [2.75, 3.05) is 20.0 Å². The summed E-state index contributed by atoms with van der Waals surface area (Å²) >= 11 is 1.38. The van der Waals surface area contributed by atoms with E-state index in [2.05, 4.69) is 4.98 Å². The third-order valence-corrected chi connectivity index (χ3v) is 4.11. The van der Waals surface area contributed by atoms with Gasteiger partial charge in [-0.15, -0.1) is 0 Å². The molecule has 2 rings (SSSR count). The number of thioether (sulfide) groups is 1. The topological polar surface area (TPSA) is 93.8 Å². The second-order valence-electron chi connectivity index (χ2n) is 4.10. The Hall–Kier alpha value is -1.09. The molecule has 0 amide bonds. The van der Waals surface area contributed by atoms with Crippen molar-refractivity contribution in [2.45, 2.75) is 23.7 Å². The van der Waals surface area contributed by atoms with E-state index in [9.17, 15) is 9.90 Å². The van der Waals surface area contributed by atoms with E-state index in [1.165, 1.54) is 29.6 Å². The van der Waals surface area contributed by atoms with E-state index in [1.807, 2.05) is 6.26 Å². The van der Waals surface area contributed by atoms with Gasteiger partial charge >= 0.3 is 5.69 Å². The first-order valence-corrected chi connectivity index (χ1v) is 7.01. The van der Waals surface area contributed by atoms with Crippen LogP contribution in [0.1, 0.15) is 6.23 Å². The van der Waals surface area contributed by atoms with Crippen LogP contribution in [-0.4, -0.2) is 57.2 Å². The Balaban J connectivity index is 2.33. The number of hydrogen-bond donors (Lipinski definition) is 2. The molecule has 1 aliphatic rings. The molecule has 8 heteroatoms. The molecular weight excluding hydrogens is 272 g/mol. The van der Waals surface area contributed by atoms with Crippen molar-refractivity contribution in [1.82, 2.24) is 9.55 Å². The number of methoxy groups -OCH3 is 1. The number of aliphatic hydroxyl groups is 2. The third-order valence-electron chi connectivity index (χ3n) is 3.05. The summed E-state index contributed by atoms with van der Waals surface area (Å²) in [6.07, 6.45) is 1.13. The van der Waals surface area contributed by atoms with Crippen LogP contribution in [0.3, 0.4) is 0 Å². The first kappa shape index (κ1) is 14.3. The minimum absolute atomic E-state index is 0.221. The molecule has 0 radical (unpaired) electrons. The van der Waals surface area contributed by atoms with Gasteiger partial charge in [0.1, 0.15) is 6.10 Å². The van der Waals surface area contributed by atoms with Crippen molar-refractivity contribution >= 4 is 11.8 Å². The quantitative estimate of drug-likeness (QED) is 0.751. The number of hydrogen-bond acceptors (Lipinski definition) is 7. The SMILES string of the molecule is COc1ccn([C@@H]2O[C@H](CO)[C@@H](O)[C@H]2SC)c(=O)n1. The Morgan fingerprint density at radius 3 is 2.89 bits per heavy atom. The molecule has 2 heterocycles. The zero-order valence-corrected chi connectivity index (χ0v) is 11.4. The van der Waals surface area contributed by atoms with Crippen LogP contribution in [0.4, 0.5) is 0 Å². The monoisotopic (exact) mass is 288 g/mol. The van der Waals surface area contributed by atoms with Gasteiger partial charge in [-0.05, 0) is 6.26 Å². The van der Waals surface area contributed by atoms with Gasteiger partial charge in [0.05, 0.1) is 25.1 Å². The van der Waals surface area contributed by atoms with Gasteiger partial charge in [-0.3, -0.25) is 4.57 Å².